The fourth-order valence-electron chi connectivity index (χ4n) is 4.19. The van der Waals surface area contributed by atoms with E-state index in [2.05, 4.69) is 37.1 Å². The zero-order chi connectivity index (χ0) is 25.5. The van der Waals surface area contributed by atoms with Crippen molar-refractivity contribution in [3.63, 3.8) is 0 Å². The summed E-state index contributed by atoms with van der Waals surface area (Å²) in [6, 6.07) is 7.67. The van der Waals surface area contributed by atoms with Gasteiger partial charge in [0.05, 0.1) is 10.7 Å². The Morgan fingerprint density at radius 3 is 2.89 bits per heavy atom. The average Bonchev–Trinajstić information content (AvgIpc) is 3.50. The number of benzene rings is 1. The molecule has 1 aliphatic heterocycles. The second-order valence-electron chi connectivity index (χ2n) is 8.72. The van der Waals surface area contributed by atoms with E-state index in [9.17, 15) is 5.11 Å². The lowest BCUT2D eigenvalue weighted by Gasteiger charge is -2.32. The van der Waals surface area contributed by atoms with E-state index in [1.165, 1.54) is 0 Å². The minimum atomic E-state index is 0.0820. The Morgan fingerprint density at radius 2 is 2.17 bits per heavy atom. The highest BCUT2D eigenvalue weighted by atomic mass is 35.5. The standard InChI is InChI=1S/C26H32ClN7O2/c1-4-5-19-13-24(33-32-19)31-23(28-3)14-25(34-10-8-18(15-35)9-11-34)29-16-36-22-7-6-21-20(26(22)27)12-17(2)30-21/h4-7,12-14,18,30,35H,3,8-11,15-16H2,1-2H3,(H2,31,32,33)/b5-4+,23-14+,29-25+. The van der Waals surface area contributed by atoms with Gasteiger partial charge in [0.2, 0.25) is 0 Å². The Morgan fingerprint density at radius 1 is 1.36 bits per heavy atom. The van der Waals surface area contributed by atoms with E-state index in [0.29, 0.717) is 34.2 Å². The maximum atomic E-state index is 9.53. The van der Waals surface area contributed by atoms with Crippen molar-refractivity contribution in [2.45, 2.75) is 26.7 Å². The van der Waals surface area contributed by atoms with Gasteiger partial charge in [0, 0.05) is 48.4 Å². The van der Waals surface area contributed by atoms with Crippen molar-refractivity contribution in [2.24, 2.45) is 15.9 Å². The van der Waals surface area contributed by atoms with Gasteiger partial charge in [-0.3, -0.25) is 5.10 Å². The summed E-state index contributed by atoms with van der Waals surface area (Å²) < 4.78 is 5.96. The number of aliphatic hydroxyl groups excluding tert-OH is 1. The van der Waals surface area contributed by atoms with Crippen LogP contribution in [0.1, 0.15) is 31.2 Å². The molecule has 0 unspecified atom stereocenters. The number of aryl methyl sites for hydroxylation is 1. The highest BCUT2D eigenvalue weighted by Gasteiger charge is 2.21. The van der Waals surface area contributed by atoms with Gasteiger partial charge in [-0.1, -0.05) is 17.7 Å². The number of ether oxygens (including phenoxy) is 1. The van der Waals surface area contributed by atoms with Crippen LogP contribution in [0.15, 0.2) is 52.2 Å². The lowest BCUT2D eigenvalue weighted by molar-refractivity contribution is 0.166. The molecule has 190 valence electrons. The number of aromatic amines is 2. The quantitative estimate of drug-likeness (QED) is 0.240. The molecule has 2 aromatic heterocycles. The Balaban J connectivity index is 1.54. The first kappa shape index (κ1) is 25.5. The maximum absolute atomic E-state index is 9.53. The number of piperidine rings is 1. The molecule has 1 aromatic carbocycles. The van der Waals surface area contributed by atoms with Crippen LogP contribution in [0, 0.1) is 12.8 Å². The van der Waals surface area contributed by atoms with Crippen LogP contribution in [-0.2, 0) is 0 Å². The van der Waals surface area contributed by atoms with E-state index < -0.39 is 0 Å². The molecule has 0 atom stereocenters. The van der Waals surface area contributed by atoms with Crippen LogP contribution in [0.3, 0.4) is 0 Å². The Bertz CT molecular complexity index is 1280. The molecule has 3 aromatic rings. The first-order chi connectivity index (χ1) is 17.5. The smallest absolute Gasteiger partial charge is 0.181 e. The van der Waals surface area contributed by atoms with E-state index in [0.717, 1.165) is 48.2 Å². The van der Waals surface area contributed by atoms with Crippen molar-refractivity contribution in [2.75, 3.05) is 31.7 Å². The number of nitrogens with one attached hydrogen (secondary N) is 3. The van der Waals surface area contributed by atoms with Crippen LogP contribution >= 0.6 is 11.6 Å². The summed E-state index contributed by atoms with van der Waals surface area (Å²) in [5.41, 5.74) is 2.88. The van der Waals surface area contributed by atoms with Crippen LogP contribution in [0.2, 0.25) is 5.02 Å². The third kappa shape index (κ3) is 6.16. The first-order valence-electron chi connectivity index (χ1n) is 11.9. The van der Waals surface area contributed by atoms with Gasteiger partial charge in [0.15, 0.2) is 12.5 Å². The average molecular weight is 510 g/mol. The first-order valence-corrected chi connectivity index (χ1v) is 12.3. The van der Waals surface area contributed by atoms with E-state index in [4.69, 9.17) is 21.3 Å². The SMILES string of the molecule is C=N/C(=C\C(=N/COc1ccc2[nH]c(C)cc2c1Cl)N1CCC(CO)CC1)Nc1cc(/C=C/C)[nH]n1. The molecule has 36 heavy (non-hydrogen) atoms. The zero-order valence-electron chi connectivity index (χ0n) is 20.6. The topological polar surface area (TPSA) is 114 Å². The van der Waals surface area contributed by atoms with Crippen molar-refractivity contribution in [3.8, 4) is 5.75 Å². The Hall–Kier alpha value is -3.56. The number of likely N-dealkylation sites (tertiary alicyclic amines) is 1. The second-order valence-corrected chi connectivity index (χ2v) is 9.09. The number of amidine groups is 1. The number of aliphatic imine (C=N–C) groups is 2. The molecule has 0 spiro atoms. The Labute approximate surface area is 215 Å². The summed E-state index contributed by atoms with van der Waals surface area (Å²) in [7, 11) is 0. The largest absolute Gasteiger partial charge is 0.470 e. The minimum Gasteiger partial charge on any atom is -0.470 e. The molecule has 0 saturated carbocycles. The molecule has 0 aliphatic carbocycles. The summed E-state index contributed by atoms with van der Waals surface area (Å²) in [6.45, 7) is 9.46. The van der Waals surface area contributed by atoms with Crippen molar-refractivity contribution in [1.29, 1.82) is 0 Å². The number of allylic oxidation sites excluding steroid dienone is 1. The van der Waals surface area contributed by atoms with Gasteiger partial charge in [-0.2, -0.15) is 5.10 Å². The predicted octanol–water partition coefficient (Wildman–Crippen LogP) is 4.98. The maximum Gasteiger partial charge on any atom is 0.181 e. The molecule has 3 heterocycles. The highest BCUT2D eigenvalue weighted by Crippen LogP contribution is 2.33. The van der Waals surface area contributed by atoms with Crippen LogP contribution in [-0.4, -0.2) is 64.2 Å². The minimum absolute atomic E-state index is 0.0820. The summed E-state index contributed by atoms with van der Waals surface area (Å²) in [5.74, 6) is 2.72. The molecule has 9 nitrogen and oxygen atoms in total. The van der Waals surface area contributed by atoms with Gasteiger partial charge in [-0.25, -0.2) is 9.98 Å². The monoisotopic (exact) mass is 509 g/mol. The lowest BCUT2D eigenvalue weighted by atomic mass is 9.98. The number of halogens is 1. The van der Waals surface area contributed by atoms with Crippen molar-refractivity contribution < 1.29 is 9.84 Å². The van der Waals surface area contributed by atoms with Gasteiger partial charge in [0.1, 0.15) is 17.4 Å². The number of fused-ring (bicyclic) bond motifs is 1. The van der Waals surface area contributed by atoms with E-state index in [1.54, 1.807) is 0 Å². The Kier molecular flexibility index (Phi) is 8.45. The number of nitrogens with zero attached hydrogens (tertiary/aromatic N) is 4. The van der Waals surface area contributed by atoms with Gasteiger partial charge < -0.3 is 25.0 Å². The third-order valence-corrected chi connectivity index (χ3v) is 6.51. The molecule has 1 saturated heterocycles. The highest BCUT2D eigenvalue weighted by molar-refractivity contribution is 6.37. The fourth-order valence-corrected chi connectivity index (χ4v) is 4.46. The number of aromatic nitrogens is 3. The summed E-state index contributed by atoms with van der Waals surface area (Å²) >= 11 is 6.58. The molecule has 0 bridgehead atoms. The lowest BCUT2D eigenvalue weighted by Crippen LogP contribution is -2.39. The molecule has 1 aliphatic rings. The van der Waals surface area contributed by atoms with Crippen LogP contribution in [0.4, 0.5) is 5.82 Å². The van der Waals surface area contributed by atoms with Crippen molar-refractivity contribution in [1.82, 2.24) is 20.1 Å². The molecule has 1 fully saturated rings. The fraction of sp³-hybridized carbons (Fsp3) is 0.346. The van der Waals surface area contributed by atoms with Crippen molar-refractivity contribution in [3.05, 3.63) is 58.6 Å². The zero-order valence-corrected chi connectivity index (χ0v) is 21.3. The summed E-state index contributed by atoms with van der Waals surface area (Å²) in [4.78, 5) is 14.3. The second kappa shape index (κ2) is 11.9. The summed E-state index contributed by atoms with van der Waals surface area (Å²) in [5, 5.41) is 21.4. The number of hydrogen-bond acceptors (Lipinski definition) is 6. The van der Waals surface area contributed by atoms with E-state index in [1.807, 2.05) is 56.3 Å². The van der Waals surface area contributed by atoms with E-state index >= 15 is 0 Å². The van der Waals surface area contributed by atoms with E-state index in [-0.39, 0.29) is 13.3 Å². The molecule has 4 rings (SSSR count). The molecule has 0 amide bonds. The number of rotatable bonds is 9. The van der Waals surface area contributed by atoms with Crippen LogP contribution in [0.5, 0.6) is 5.75 Å². The summed E-state index contributed by atoms with van der Waals surface area (Å²) in [6.07, 6.45) is 7.46. The normalized spacial score (nSPS) is 15.7. The molecule has 0 radical (unpaired) electrons. The van der Waals surface area contributed by atoms with Crippen molar-refractivity contribution >= 4 is 47.0 Å². The molecule has 10 heteroatoms. The van der Waals surface area contributed by atoms with Crippen LogP contribution in [0.25, 0.3) is 17.0 Å². The van der Waals surface area contributed by atoms with Gasteiger partial charge >= 0.3 is 0 Å². The number of anilines is 1. The predicted molar refractivity (Wildman–Crippen MR) is 147 cm³/mol. The molecule has 4 N–H and O–H groups in total. The van der Waals surface area contributed by atoms with Gasteiger partial charge in [0.25, 0.3) is 0 Å². The number of H-pyrrole nitrogens is 2. The van der Waals surface area contributed by atoms with Gasteiger partial charge in [-0.05, 0) is 63.6 Å². The van der Waals surface area contributed by atoms with Gasteiger partial charge in [-0.15, -0.1) is 0 Å². The van der Waals surface area contributed by atoms with Crippen LogP contribution < -0.4 is 10.1 Å². The third-order valence-electron chi connectivity index (χ3n) is 6.12. The molecular weight excluding hydrogens is 478 g/mol. The molecular formula is C26H32ClN7O2. The number of hydrogen-bond donors (Lipinski definition) is 4. The number of aliphatic hydroxyl groups is 1.